The van der Waals surface area contributed by atoms with Crippen LogP contribution in [0.3, 0.4) is 0 Å². The fourth-order valence-electron chi connectivity index (χ4n) is 11.0. The van der Waals surface area contributed by atoms with E-state index in [0.29, 0.717) is 6.42 Å². The number of nitrogens with one attached hydrogen (secondary N) is 2. The Bertz CT molecular complexity index is 2140. The minimum absolute atomic E-state index is 0.471. The summed E-state index contributed by atoms with van der Waals surface area (Å²) in [6, 6.07) is -4.74. The molecule has 0 saturated carbocycles. The molecule has 33 nitrogen and oxygen atoms in total. The van der Waals surface area contributed by atoms with Gasteiger partial charge in [0, 0.05) is 20.3 Å². The molecule has 0 radical (unpaired) electrons. The third kappa shape index (κ3) is 19.7. The predicted octanol–water partition coefficient (Wildman–Crippen LogP) is -7.69. The molecule has 5 fully saturated rings. The summed E-state index contributed by atoms with van der Waals surface area (Å²) in [5.74, 6) is -7.29. The number of ether oxygens (including phenoxy) is 10. The van der Waals surface area contributed by atoms with Crippen LogP contribution in [-0.2, 0) is 61.8 Å². The van der Waals surface area contributed by atoms with Crippen molar-refractivity contribution >= 4 is 17.8 Å². The van der Waals surface area contributed by atoms with Gasteiger partial charge in [0.2, 0.25) is 11.8 Å². The fourth-order valence-corrected chi connectivity index (χ4v) is 11.0. The van der Waals surface area contributed by atoms with Gasteiger partial charge in [0.15, 0.2) is 25.2 Å². The van der Waals surface area contributed by atoms with Crippen LogP contribution >= 0.6 is 0 Å². The molecule has 5 rings (SSSR count). The van der Waals surface area contributed by atoms with E-state index in [0.717, 1.165) is 33.1 Å². The van der Waals surface area contributed by atoms with Gasteiger partial charge in [0.05, 0.1) is 63.9 Å². The molecule has 0 aromatic carbocycles. The highest BCUT2D eigenvalue weighted by atomic mass is 16.8. The van der Waals surface area contributed by atoms with E-state index in [1.165, 1.54) is 44.6 Å². The van der Waals surface area contributed by atoms with Gasteiger partial charge in [-0.15, -0.1) is 0 Å². The summed E-state index contributed by atoms with van der Waals surface area (Å²) < 4.78 is 58.9. The summed E-state index contributed by atoms with van der Waals surface area (Å²) in [6.07, 6.45) is -31.7. The monoisotopic (exact) mass is 1280 g/mol. The number of hydrogen-bond acceptors (Lipinski definition) is 30. The number of rotatable bonds is 34. The second-order valence-corrected chi connectivity index (χ2v) is 22.7. The molecule has 5 heterocycles. The van der Waals surface area contributed by atoms with Crippen molar-refractivity contribution in [1.29, 1.82) is 0 Å². The highest BCUT2D eigenvalue weighted by Gasteiger charge is 2.62. The van der Waals surface area contributed by atoms with Gasteiger partial charge < -0.3 is 151 Å². The average molecular weight is 1280 g/mol. The normalized spacial score (nSPS) is 39.7. The molecule has 510 valence electrons. The Labute approximate surface area is 508 Å². The molecule has 2 unspecified atom stereocenters. The Morgan fingerprint density at radius 3 is 1.70 bits per heavy atom. The van der Waals surface area contributed by atoms with Crippen molar-refractivity contribution in [3.8, 4) is 0 Å². The van der Waals surface area contributed by atoms with Crippen LogP contribution < -0.4 is 16.4 Å². The number of carbonyl (C=O) groups excluding carboxylic acids is 2. The first kappa shape index (κ1) is 75.5. The van der Waals surface area contributed by atoms with Crippen LogP contribution in [0.4, 0.5) is 0 Å². The smallest absolute Gasteiger partial charge is 0.364 e. The van der Waals surface area contributed by atoms with Gasteiger partial charge in [0.25, 0.3) is 5.79 Å². The maximum Gasteiger partial charge on any atom is 0.364 e. The first-order chi connectivity index (χ1) is 41.8. The molecule has 0 bridgehead atoms. The lowest BCUT2D eigenvalue weighted by molar-refractivity contribution is -0.403. The van der Waals surface area contributed by atoms with E-state index in [9.17, 15) is 101 Å². The van der Waals surface area contributed by atoms with Crippen LogP contribution in [0.5, 0.6) is 0 Å². The molecule has 5 aliphatic heterocycles. The van der Waals surface area contributed by atoms with Gasteiger partial charge in [-0.2, -0.15) is 0 Å². The number of hydrogen-bond donors (Lipinski definition) is 20. The molecule has 0 aliphatic carbocycles. The topological polar surface area (TPSA) is 538 Å². The molecule has 21 N–H and O–H groups in total. The molecule has 0 spiro atoms. The fraction of sp³-hybridized carbons (Fsp3) is 0.873. The minimum atomic E-state index is -3.36. The van der Waals surface area contributed by atoms with Crippen LogP contribution in [0, 0.1) is 0 Å². The van der Waals surface area contributed by atoms with Gasteiger partial charge >= 0.3 is 5.97 Å². The predicted molar refractivity (Wildman–Crippen MR) is 295 cm³/mol. The number of carboxylic acid groups (broad SMARTS) is 1. The number of carboxylic acids is 1. The zero-order chi connectivity index (χ0) is 65.2. The quantitative estimate of drug-likeness (QED) is 0.0210. The Kier molecular flexibility index (Phi) is 31.2. The third-order valence-corrected chi connectivity index (χ3v) is 15.9. The van der Waals surface area contributed by atoms with Crippen LogP contribution in [-0.4, -0.2) is 315 Å². The van der Waals surface area contributed by atoms with Crippen molar-refractivity contribution in [3.63, 3.8) is 0 Å². The average Bonchev–Trinajstić information content (AvgIpc) is 1.10. The lowest BCUT2D eigenvalue weighted by Crippen LogP contribution is -2.72. The van der Waals surface area contributed by atoms with Crippen LogP contribution in [0.25, 0.3) is 0 Å². The van der Waals surface area contributed by atoms with Crippen molar-refractivity contribution in [2.75, 3.05) is 39.6 Å². The van der Waals surface area contributed by atoms with E-state index in [1.54, 1.807) is 6.08 Å². The van der Waals surface area contributed by atoms with Gasteiger partial charge in [-0.05, 0) is 25.7 Å². The SMILES string of the molecule is CCCCCCCCC/C=C\CC/C=C/[C@@H](O)[C@@H](N)CO[C@@H]1O[C@H](CO)[C@@H](O[C@@H]2O[C@H](CO)[C@H](O[C@@H]3O[C@H](CO)[C@H](O)[C@H](O[C@@H]4O[C@H](CO)[C@H](O)[C@H](O)[C@H]4O)[C@H]3NC(C)=O)[C@H](O[C@]3(C(=O)O)C[C@H](O)C(NC(C)=O)C([C@H](O)[C@H](O)CO)O3)[C@H]2O)[C@H](O)[C@H]1O. The van der Waals surface area contributed by atoms with Crippen molar-refractivity contribution in [3.05, 3.63) is 24.3 Å². The Morgan fingerprint density at radius 2 is 1.09 bits per heavy atom. The Balaban J connectivity index is 1.43. The first-order valence-corrected chi connectivity index (χ1v) is 29.8. The Hall–Kier alpha value is -3.19. The molecular weight excluding hydrogens is 1180 g/mol. The molecule has 88 heavy (non-hydrogen) atoms. The number of allylic oxidation sites excluding steroid dienone is 3. The molecule has 5 aliphatic rings. The number of amides is 2. The standard InChI is InChI=1S/C55H95N3O30/c1-4-5-6-7-8-9-10-11-12-13-14-15-16-17-28(66)27(56)24-79-51-43(75)41(73)45(33(22-62)82-51)84-53-44(76)49(88-55(54(77)78)18-29(67)35(57-25(2)64)48(87-55)37(69)30(68)19-59)46(34(23-63)83-53)85-50-36(58-26(3)65)47(39(71)32(21-61)80-50)86-52-42(74)40(72)38(70)31(20-60)81-52/h12-13,16-17,27-53,59-63,66-76H,4-11,14-15,18-24,56H2,1-3H3,(H,57,64)(H,58,65)(H,77,78)/b13-12-,17-16+/t27-,28+,29-,30+,31+,32+,33+,34+,35?,36+,37+,38-,39-,40-,41+,42+,43+,44+,45+,46-,47+,48?,49+,50-,51+,52-,53-,55-/m0/s1. The van der Waals surface area contributed by atoms with E-state index < -0.39 is 235 Å². The number of nitrogens with two attached hydrogens (primary N) is 1. The zero-order valence-electron chi connectivity index (χ0n) is 49.4. The highest BCUT2D eigenvalue weighted by Crippen LogP contribution is 2.41. The maximum absolute atomic E-state index is 13.6. The highest BCUT2D eigenvalue weighted by molar-refractivity contribution is 5.76. The van der Waals surface area contributed by atoms with Gasteiger partial charge in [-0.3, -0.25) is 9.59 Å². The van der Waals surface area contributed by atoms with Crippen molar-refractivity contribution in [2.24, 2.45) is 5.73 Å². The van der Waals surface area contributed by atoms with E-state index in [4.69, 9.17) is 53.1 Å². The molecule has 0 aromatic heterocycles. The van der Waals surface area contributed by atoms with E-state index in [-0.39, 0.29) is 0 Å². The number of aliphatic hydroxyl groups is 16. The van der Waals surface area contributed by atoms with E-state index >= 15 is 0 Å². The van der Waals surface area contributed by atoms with Crippen LogP contribution in [0.1, 0.15) is 91.4 Å². The van der Waals surface area contributed by atoms with Gasteiger partial charge in [0.1, 0.15) is 116 Å². The molecule has 5 saturated heterocycles. The van der Waals surface area contributed by atoms with Gasteiger partial charge in [-0.1, -0.05) is 69.8 Å². The lowest BCUT2D eigenvalue weighted by atomic mass is 9.88. The summed E-state index contributed by atoms with van der Waals surface area (Å²) in [5.41, 5.74) is 6.19. The maximum atomic E-state index is 13.6. The second-order valence-electron chi connectivity index (χ2n) is 22.7. The number of aliphatic carboxylic acids is 1. The van der Waals surface area contributed by atoms with Crippen molar-refractivity contribution < 1.29 is 149 Å². The third-order valence-electron chi connectivity index (χ3n) is 15.9. The molecule has 33 heteroatoms. The van der Waals surface area contributed by atoms with E-state index in [1.807, 2.05) is 0 Å². The molecular formula is C55H95N3O30. The number of aliphatic hydroxyl groups excluding tert-OH is 16. The number of unbranched alkanes of at least 4 members (excludes halogenated alkanes) is 8. The van der Waals surface area contributed by atoms with E-state index in [2.05, 4.69) is 29.7 Å². The number of carbonyl (C=O) groups is 3. The molecule has 0 aromatic rings. The van der Waals surface area contributed by atoms with Crippen molar-refractivity contribution in [2.45, 2.75) is 263 Å². The largest absolute Gasteiger partial charge is 0.477 e. The lowest BCUT2D eigenvalue weighted by Gasteiger charge is -2.52. The minimum Gasteiger partial charge on any atom is -0.477 e. The summed E-state index contributed by atoms with van der Waals surface area (Å²) in [4.78, 5) is 38.9. The first-order valence-electron chi connectivity index (χ1n) is 29.8. The summed E-state index contributed by atoms with van der Waals surface area (Å²) in [6.45, 7) is -1.81. The summed E-state index contributed by atoms with van der Waals surface area (Å²) in [7, 11) is 0. The molecule has 2 amide bonds. The second kappa shape index (κ2) is 36.3. The van der Waals surface area contributed by atoms with Crippen molar-refractivity contribution in [1.82, 2.24) is 10.6 Å². The van der Waals surface area contributed by atoms with Gasteiger partial charge in [-0.25, -0.2) is 4.79 Å². The van der Waals surface area contributed by atoms with Crippen LogP contribution in [0.2, 0.25) is 0 Å². The molecule has 28 atom stereocenters. The summed E-state index contributed by atoms with van der Waals surface area (Å²) in [5, 5.41) is 190. The summed E-state index contributed by atoms with van der Waals surface area (Å²) >= 11 is 0. The zero-order valence-corrected chi connectivity index (χ0v) is 49.4. The van der Waals surface area contributed by atoms with Crippen LogP contribution in [0.15, 0.2) is 24.3 Å². The Morgan fingerprint density at radius 1 is 0.580 bits per heavy atom.